The highest BCUT2D eigenvalue weighted by Gasteiger charge is 2.30. The van der Waals surface area contributed by atoms with Gasteiger partial charge in [-0.05, 0) is 19.3 Å². The van der Waals surface area contributed by atoms with Crippen LogP contribution in [0.5, 0.6) is 0 Å². The van der Waals surface area contributed by atoms with E-state index in [9.17, 15) is 9.59 Å². The molecule has 110 valence electrons. The van der Waals surface area contributed by atoms with E-state index in [1.807, 2.05) is 6.92 Å². The van der Waals surface area contributed by atoms with Gasteiger partial charge in [0.05, 0.1) is 18.8 Å². The number of nitrogens with one attached hydrogen (secondary N) is 2. The predicted octanol–water partition coefficient (Wildman–Crippen LogP) is 0.343. The molecule has 3 unspecified atom stereocenters. The third-order valence-electron chi connectivity index (χ3n) is 3.07. The largest absolute Gasteiger partial charge is 0.479 e. The van der Waals surface area contributed by atoms with Gasteiger partial charge in [-0.1, -0.05) is 6.92 Å². The zero-order valence-electron chi connectivity index (χ0n) is 11.3. The van der Waals surface area contributed by atoms with Crippen molar-refractivity contribution >= 4 is 12.0 Å². The lowest BCUT2D eigenvalue weighted by Gasteiger charge is -2.18. The molecule has 1 heterocycles. The lowest BCUT2D eigenvalue weighted by Crippen LogP contribution is -2.46. The maximum Gasteiger partial charge on any atom is 0.332 e. The Hall–Kier alpha value is -1.34. The van der Waals surface area contributed by atoms with Crippen LogP contribution in [-0.4, -0.2) is 55.6 Å². The van der Waals surface area contributed by atoms with Crippen LogP contribution < -0.4 is 10.6 Å². The molecular weight excluding hydrogens is 252 g/mol. The Labute approximate surface area is 112 Å². The van der Waals surface area contributed by atoms with Gasteiger partial charge in [-0.2, -0.15) is 0 Å². The smallest absolute Gasteiger partial charge is 0.332 e. The molecule has 19 heavy (non-hydrogen) atoms. The van der Waals surface area contributed by atoms with Crippen LogP contribution in [0.15, 0.2) is 0 Å². The molecule has 1 rings (SSSR count). The molecule has 3 atom stereocenters. The third kappa shape index (κ3) is 5.44. The van der Waals surface area contributed by atoms with Crippen LogP contribution >= 0.6 is 0 Å². The van der Waals surface area contributed by atoms with E-state index in [2.05, 4.69) is 10.6 Å². The maximum atomic E-state index is 11.6. The molecule has 1 saturated heterocycles. The van der Waals surface area contributed by atoms with Gasteiger partial charge >= 0.3 is 12.0 Å². The first-order chi connectivity index (χ1) is 9.06. The molecule has 1 fully saturated rings. The summed E-state index contributed by atoms with van der Waals surface area (Å²) in [7, 11) is 1.58. The van der Waals surface area contributed by atoms with E-state index in [-0.39, 0.29) is 18.2 Å². The fourth-order valence-corrected chi connectivity index (χ4v) is 1.94. The van der Waals surface area contributed by atoms with Gasteiger partial charge in [-0.15, -0.1) is 0 Å². The summed E-state index contributed by atoms with van der Waals surface area (Å²) >= 11 is 0. The fourth-order valence-electron chi connectivity index (χ4n) is 1.94. The first-order valence-electron chi connectivity index (χ1n) is 6.48. The maximum absolute atomic E-state index is 11.6. The molecule has 0 aromatic heterocycles. The summed E-state index contributed by atoms with van der Waals surface area (Å²) in [5.41, 5.74) is 0. The van der Waals surface area contributed by atoms with Crippen LogP contribution in [0, 0.1) is 0 Å². The van der Waals surface area contributed by atoms with Crippen molar-refractivity contribution in [2.24, 2.45) is 0 Å². The second-order valence-electron chi connectivity index (χ2n) is 4.58. The first kappa shape index (κ1) is 15.7. The Morgan fingerprint density at radius 3 is 2.74 bits per heavy atom. The van der Waals surface area contributed by atoms with Crippen molar-refractivity contribution in [3.05, 3.63) is 0 Å². The van der Waals surface area contributed by atoms with Gasteiger partial charge in [-0.3, -0.25) is 0 Å². The number of ether oxygens (including phenoxy) is 2. The van der Waals surface area contributed by atoms with Gasteiger partial charge in [0.1, 0.15) is 0 Å². The normalized spacial score (nSPS) is 23.9. The fraction of sp³-hybridized carbons (Fsp3) is 0.833. The topological polar surface area (TPSA) is 96.9 Å². The molecular formula is C12H22N2O5. The molecule has 0 aromatic rings. The SMILES string of the molecule is CCC(COC)NC(=O)NCC1CCC(C(=O)O)O1. The first-order valence-corrected chi connectivity index (χ1v) is 6.48. The van der Waals surface area contributed by atoms with E-state index < -0.39 is 12.1 Å². The minimum Gasteiger partial charge on any atom is -0.479 e. The molecule has 0 radical (unpaired) electrons. The number of aliphatic carboxylic acids is 1. The number of hydrogen-bond acceptors (Lipinski definition) is 4. The number of hydrogen-bond donors (Lipinski definition) is 3. The van der Waals surface area contributed by atoms with Crippen molar-refractivity contribution in [1.82, 2.24) is 10.6 Å². The zero-order valence-corrected chi connectivity index (χ0v) is 11.3. The average Bonchev–Trinajstić information content (AvgIpc) is 2.84. The standard InChI is InChI=1S/C12H22N2O5/c1-3-8(7-18-2)14-12(17)13-6-9-4-5-10(19-9)11(15)16/h8-10H,3-7H2,1-2H3,(H,15,16)(H2,13,14,17). The summed E-state index contributed by atoms with van der Waals surface area (Å²) in [6, 6.07) is -0.312. The molecule has 0 bridgehead atoms. The van der Waals surface area contributed by atoms with Crippen molar-refractivity contribution in [2.75, 3.05) is 20.3 Å². The van der Waals surface area contributed by atoms with Crippen LogP contribution in [0.25, 0.3) is 0 Å². The van der Waals surface area contributed by atoms with Gasteiger partial charge < -0.3 is 25.2 Å². The van der Waals surface area contributed by atoms with E-state index in [1.54, 1.807) is 7.11 Å². The highest BCUT2D eigenvalue weighted by atomic mass is 16.5. The lowest BCUT2D eigenvalue weighted by molar-refractivity contribution is -0.149. The van der Waals surface area contributed by atoms with Crippen LogP contribution in [-0.2, 0) is 14.3 Å². The van der Waals surface area contributed by atoms with Crippen molar-refractivity contribution in [3.8, 4) is 0 Å². The number of carbonyl (C=O) groups is 2. The molecule has 3 N–H and O–H groups in total. The molecule has 0 aromatic carbocycles. The Bertz CT molecular complexity index is 310. The molecule has 7 heteroatoms. The molecule has 2 amide bonds. The quantitative estimate of drug-likeness (QED) is 0.622. The van der Waals surface area contributed by atoms with Crippen molar-refractivity contribution in [2.45, 2.75) is 44.4 Å². The summed E-state index contributed by atoms with van der Waals surface area (Å²) in [4.78, 5) is 22.3. The number of carboxylic acid groups (broad SMARTS) is 1. The van der Waals surface area contributed by atoms with E-state index in [4.69, 9.17) is 14.6 Å². The van der Waals surface area contributed by atoms with Crippen molar-refractivity contribution < 1.29 is 24.2 Å². The molecule has 1 aliphatic rings. The van der Waals surface area contributed by atoms with E-state index in [1.165, 1.54) is 0 Å². The van der Waals surface area contributed by atoms with Crippen LogP contribution in [0.4, 0.5) is 4.79 Å². The summed E-state index contributed by atoms with van der Waals surface area (Å²) in [6.45, 7) is 2.74. The molecule has 0 aliphatic carbocycles. The molecule has 0 saturated carbocycles. The minimum absolute atomic E-state index is 0.0266. The number of carboxylic acids is 1. The summed E-state index contributed by atoms with van der Waals surface area (Å²) in [5, 5.41) is 14.2. The van der Waals surface area contributed by atoms with Crippen LogP contribution in [0.3, 0.4) is 0 Å². The van der Waals surface area contributed by atoms with E-state index >= 15 is 0 Å². The number of amides is 2. The van der Waals surface area contributed by atoms with Crippen molar-refractivity contribution in [1.29, 1.82) is 0 Å². The minimum atomic E-state index is -0.946. The Morgan fingerprint density at radius 2 is 2.21 bits per heavy atom. The highest BCUT2D eigenvalue weighted by Crippen LogP contribution is 2.19. The summed E-state index contributed by atoms with van der Waals surface area (Å²) in [6.07, 6.45) is 0.945. The van der Waals surface area contributed by atoms with Crippen LogP contribution in [0.1, 0.15) is 26.2 Å². The number of carbonyl (C=O) groups excluding carboxylic acids is 1. The second kappa shape index (κ2) is 7.96. The number of urea groups is 1. The third-order valence-corrected chi connectivity index (χ3v) is 3.07. The predicted molar refractivity (Wildman–Crippen MR) is 68.0 cm³/mol. The van der Waals surface area contributed by atoms with Gasteiger partial charge in [0.25, 0.3) is 0 Å². The van der Waals surface area contributed by atoms with Gasteiger partial charge in [0.2, 0.25) is 0 Å². The van der Waals surface area contributed by atoms with E-state index in [0.29, 0.717) is 26.0 Å². The second-order valence-corrected chi connectivity index (χ2v) is 4.58. The van der Waals surface area contributed by atoms with Gasteiger partial charge in [-0.25, -0.2) is 9.59 Å². The monoisotopic (exact) mass is 274 g/mol. The Morgan fingerprint density at radius 1 is 1.47 bits per heavy atom. The average molecular weight is 274 g/mol. The van der Waals surface area contributed by atoms with Gasteiger partial charge in [0.15, 0.2) is 6.10 Å². The van der Waals surface area contributed by atoms with Gasteiger partial charge in [0, 0.05) is 13.7 Å². The number of rotatable bonds is 7. The zero-order chi connectivity index (χ0) is 14.3. The van der Waals surface area contributed by atoms with Crippen LogP contribution in [0.2, 0.25) is 0 Å². The lowest BCUT2D eigenvalue weighted by atomic mass is 10.2. The molecule has 0 spiro atoms. The van der Waals surface area contributed by atoms with Crippen molar-refractivity contribution in [3.63, 3.8) is 0 Å². The highest BCUT2D eigenvalue weighted by molar-refractivity contribution is 5.74. The molecule has 1 aliphatic heterocycles. The summed E-state index contributed by atoms with van der Waals surface area (Å²) in [5.74, 6) is -0.946. The number of methoxy groups -OCH3 is 1. The Kier molecular flexibility index (Phi) is 6.58. The molecule has 7 nitrogen and oxygen atoms in total. The Balaban J connectivity index is 2.22. The summed E-state index contributed by atoms with van der Waals surface area (Å²) < 4.78 is 10.3. The van der Waals surface area contributed by atoms with E-state index in [0.717, 1.165) is 6.42 Å².